The number of rotatable bonds is 3. The fourth-order valence-corrected chi connectivity index (χ4v) is 3.26. The number of nitrogens with zero attached hydrogens (tertiary/aromatic N) is 2. The lowest BCUT2D eigenvalue weighted by Gasteiger charge is -2.22. The van der Waals surface area contributed by atoms with Crippen molar-refractivity contribution in [2.45, 2.75) is 52.1 Å². The Bertz CT molecular complexity index is 518. The van der Waals surface area contributed by atoms with Gasteiger partial charge in [-0.2, -0.15) is 13.2 Å². The first kappa shape index (κ1) is 17.3. The van der Waals surface area contributed by atoms with Crippen LogP contribution in [0.5, 0.6) is 0 Å². The summed E-state index contributed by atoms with van der Waals surface area (Å²) in [6.45, 7) is 8.80. The molecule has 1 aromatic rings. The third-order valence-electron chi connectivity index (χ3n) is 4.24. The average Bonchev–Trinajstić information content (AvgIpc) is 2.75. The highest BCUT2D eigenvalue weighted by Crippen LogP contribution is 2.28. The first-order chi connectivity index (χ1) is 10.0. The van der Waals surface area contributed by atoms with Gasteiger partial charge in [-0.15, -0.1) is 0 Å². The van der Waals surface area contributed by atoms with E-state index >= 15 is 0 Å². The normalized spacial score (nSPS) is 20.6. The first-order valence-electron chi connectivity index (χ1n) is 7.80. The average molecular weight is 314 g/mol. The van der Waals surface area contributed by atoms with Gasteiger partial charge >= 0.3 is 6.18 Å². The highest BCUT2D eigenvalue weighted by molar-refractivity contribution is 5.31. The van der Waals surface area contributed by atoms with Gasteiger partial charge in [-0.05, 0) is 54.8 Å². The molecule has 1 aliphatic heterocycles. The Morgan fingerprint density at radius 2 is 1.95 bits per heavy atom. The second kappa shape index (κ2) is 6.19. The van der Waals surface area contributed by atoms with Gasteiger partial charge in [-0.25, -0.2) is 0 Å². The van der Waals surface area contributed by atoms with E-state index in [1.807, 2.05) is 6.20 Å². The second-order valence-electron chi connectivity index (χ2n) is 7.45. The molecule has 0 radical (unpaired) electrons. The molecule has 124 valence electrons. The van der Waals surface area contributed by atoms with Crippen LogP contribution in [0.25, 0.3) is 0 Å². The standard InChI is InChI=1S/C17H25F3N2/c1-12-9-21-14(8-15(12)16(2,3)4)7-13-5-6-22(10-13)11-17(18,19)20/h8-9,13H,5-7,10-11H2,1-4H3. The van der Waals surface area contributed by atoms with Crippen LogP contribution in [-0.2, 0) is 11.8 Å². The van der Waals surface area contributed by atoms with Gasteiger partial charge in [-0.1, -0.05) is 20.8 Å². The molecule has 2 rings (SSSR count). The zero-order chi connectivity index (χ0) is 16.5. The van der Waals surface area contributed by atoms with Crippen LogP contribution in [0.4, 0.5) is 13.2 Å². The minimum atomic E-state index is -4.10. The molecule has 0 bridgehead atoms. The van der Waals surface area contributed by atoms with Gasteiger partial charge in [-0.3, -0.25) is 9.88 Å². The number of hydrogen-bond acceptors (Lipinski definition) is 2. The lowest BCUT2D eigenvalue weighted by molar-refractivity contribution is -0.143. The van der Waals surface area contributed by atoms with Gasteiger partial charge in [0.15, 0.2) is 0 Å². The van der Waals surface area contributed by atoms with Gasteiger partial charge in [0, 0.05) is 18.4 Å². The molecule has 2 nitrogen and oxygen atoms in total. The highest BCUT2D eigenvalue weighted by Gasteiger charge is 2.34. The van der Waals surface area contributed by atoms with Gasteiger partial charge in [0.05, 0.1) is 6.54 Å². The predicted octanol–water partition coefficient (Wildman–Crippen LogP) is 4.11. The summed E-state index contributed by atoms with van der Waals surface area (Å²) in [6.07, 6.45) is -0.636. The Labute approximate surface area is 130 Å². The topological polar surface area (TPSA) is 16.1 Å². The van der Waals surface area contributed by atoms with Gasteiger partial charge in [0.2, 0.25) is 0 Å². The number of aryl methyl sites for hydroxylation is 1. The number of pyridine rings is 1. The molecule has 0 N–H and O–H groups in total. The van der Waals surface area contributed by atoms with E-state index in [0.29, 0.717) is 13.1 Å². The van der Waals surface area contributed by atoms with Gasteiger partial charge < -0.3 is 0 Å². The van der Waals surface area contributed by atoms with Crippen molar-refractivity contribution >= 4 is 0 Å². The van der Waals surface area contributed by atoms with Crippen LogP contribution in [0.3, 0.4) is 0 Å². The van der Waals surface area contributed by atoms with Crippen molar-refractivity contribution in [3.63, 3.8) is 0 Å². The first-order valence-corrected chi connectivity index (χ1v) is 7.80. The number of hydrogen-bond donors (Lipinski definition) is 0. The molecule has 0 saturated carbocycles. The fraction of sp³-hybridized carbons (Fsp3) is 0.706. The van der Waals surface area contributed by atoms with Crippen LogP contribution in [0.1, 0.15) is 44.0 Å². The third-order valence-corrected chi connectivity index (χ3v) is 4.24. The highest BCUT2D eigenvalue weighted by atomic mass is 19.4. The van der Waals surface area contributed by atoms with E-state index in [4.69, 9.17) is 0 Å². The van der Waals surface area contributed by atoms with Crippen molar-refractivity contribution in [3.05, 3.63) is 29.1 Å². The summed E-state index contributed by atoms with van der Waals surface area (Å²) in [6, 6.07) is 2.13. The zero-order valence-electron chi connectivity index (χ0n) is 13.8. The minimum absolute atomic E-state index is 0.0553. The largest absolute Gasteiger partial charge is 0.401 e. The van der Waals surface area contributed by atoms with E-state index in [0.717, 1.165) is 18.5 Å². The van der Waals surface area contributed by atoms with Crippen LogP contribution < -0.4 is 0 Å². The summed E-state index contributed by atoms with van der Waals surface area (Å²) in [5.74, 6) is 0.269. The van der Waals surface area contributed by atoms with Gasteiger partial charge in [0.1, 0.15) is 0 Å². The summed E-state index contributed by atoms with van der Waals surface area (Å²) >= 11 is 0. The Morgan fingerprint density at radius 3 is 2.55 bits per heavy atom. The van der Waals surface area contributed by atoms with Crippen molar-refractivity contribution < 1.29 is 13.2 Å². The third kappa shape index (κ3) is 4.70. The lowest BCUT2D eigenvalue weighted by atomic mass is 9.84. The maximum absolute atomic E-state index is 12.4. The molecule has 1 unspecified atom stereocenters. The summed E-state index contributed by atoms with van der Waals surface area (Å²) < 4.78 is 37.3. The monoisotopic (exact) mass is 314 g/mol. The molecular formula is C17H25F3N2. The van der Waals surface area contributed by atoms with Crippen molar-refractivity contribution in [1.82, 2.24) is 9.88 Å². The molecule has 0 aliphatic carbocycles. The maximum atomic E-state index is 12.4. The predicted molar refractivity (Wildman–Crippen MR) is 82.0 cm³/mol. The lowest BCUT2D eigenvalue weighted by Crippen LogP contribution is -2.32. The Kier molecular flexibility index (Phi) is 4.85. The van der Waals surface area contributed by atoms with Crippen LogP contribution in [0.15, 0.2) is 12.3 Å². The Balaban J connectivity index is 2.01. The van der Waals surface area contributed by atoms with E-state index in [1.54, 1.807) is 0 Å². The second-order valence-corrected chi connectivity index (χ2v) is 7.45. The molecule has 2 heterocycles. The number of alkyl halides is 3. The molecule has 1 atom stereocenters. The summed E-state index contributed by atoms with van der Waals surface area (Å²) in [4.78, 5) is 5.98. The Morgan fingerprint density at radius 1 is 1.27 bits per heavy atom. The summed E-state index contributed by atoms with van der Waals surface area (Å²) in [7, 11) is 0. The van der Waals surface area contributed by atoms with E-state index in [2.05, 4.69) is 38.7 Å². The molecule has 5 heteroatoms. The molecule has 0 spiro atoms. The molecule has 1 fully saturated rings. The van der Waals surface area contributed by atoms with Crippen molar-refractivity contribution in [2.24, 2.45) is 5.92 Å². The van der Waals surface area contributed by atoms with Crippen molar-refractivity contribution in [2.75, 3.05) is 19.6 Å². The quantitative estimate of drug-likeness (QED) is 0.834. The Hall–Kier alpha value is -1.10. The number of aromatic nitrogens is 1. The summed E-state index contributed by atoms with van der Waals surface area (Å²) in [5, 5.41) is 0. The molecule has 22 heavy (non-hydrogen) atoms. The van der Waals surface area contributed by atoms with E-state index < -0.39 is 12.7 Å². The fourth-order valence-electron chi connectivity index (χ4n) is 3.26. The van der Waals surface area contributed by atoms with Crippen LogP contribution >= 0.6 is 0 Å². The molecule has 1 aliphatic rings. The van der Waals surface area contributed by atoms with Crippen molar-refractivity contribution in [1.29, 1.82) is 0 Å². The van der Waals surface area contributed by atoms with E-state index in [-0.39, 0.29) is 11.3 Å². The SMILES string of the molecule is Cc1cnc(CC2CCN(CC(F)(F)F)C2)cc1C(C)(C)C. The molecule has 1 saturated heterocycles. The van der Waals surface area contributed by atoms with Crippen LogP contribution in [0, 0.1) is 12.8 Å². The zero-order valence-corrected chi connectivity index (χ0v) is 13.8. The van der Waals surface area contributed by atoms with E-state index in [9.17, 15) is 13.2 Å². The van der Waals surface area contributed by atoms with Crippen LogP contribution in [0.2, 0.25) is 0 Å². The molecule has 0 aromatic carbocycles. The van der Waals surface area contributed by atoms with Crippen molar-refractivity contribution in [3.8, 4) is 0 Å². The van der Waals surface area contributed by atoms with Crippen LogP contribution in [-0.4, -0.2) is 35.7 Å². The minimum Gasteiger partial charge on any atom is -0.295 e. The van der Waals surface area contributed by atoms with Gasteiger partial charge in [0.25, 0.3) is 0 Å². The smallest absolute Gasteiger partial charge is 0.295 e. The van der Waals surface area contributed by atoms with E-state index in [1.165, 1.54) is 16.0 Å². The molecule has 0 amide bonds. The summed E-state index contributed by atoms with van der Waals surface area (Å²) in [5.41, 5.74) is 3.48. The maximum Gasteiger partial charge on any atom is 0.401 e. The number of halogens is 3. The molecule has 1 aromatic heterocycles. The molecular weight excluding hydrogens is 289 g/mol. The number of likely N-dealkylation sites (tertiary alicyclic amines) is 1.